The highest BCUT2D eigenvalue weighted by Gasteiger charge is 2.06. The summed E-state index contributed by atoms with van der Waals surface area (Å²) in [5.74, 6) is 0.899. The van der Waals surface area contributed by atoms with Crippen molar-refractivity contribution >= 4 is 10.8 Å². The van der Waals surface area contributed by atoms with E-state index in [1.54, 1.807) is 7.11 Å². The summed E-state index contributed by atoms with van der Waals surface area (Å²) in [4.78, 5) is 0. The minimum atomic E-state index is 0.312. The van der Waals surface area contributed by atoms with Gasteiger partial charge in [-0.05, 0) is 47.0 Å². The Bertz CT molecular complexity index is 752. The van der Waals surface area contributed by atoms with Crippen LogP contribution in [0.15, 0.2) is 66.7 Å². The average molecular weight is 291 g/mol. The second-order valence-electron chi connectivity index (χ2n) is 5.56. The monoisotopic (exact) mass is 291 g/mol. The highest BCUT2D eigenvalue weighted by atomic mass is 16.5. The molecule has 0 bridgehead atoms. The molecule has 0 aliphatic heterocycles. The summed E-state index contributed by atoms with van der Waals surface area (Å²) in [6, 6.07) is 23.6. The second-order valence-corrected chi connectivity index (χ2v) is 5.56. The van der Waals surface area contributed by atoms with Crippen LogP contribution in [0.3, 0.4) is 0 Å². The number of hydrogen-bond donors (Lipinski definition) is 1. The molecular weight excluding hydrogens is 270 g/mol. The van der Waals surface area contributed by atoms with Crippen LogP contribution in [0.2, 0.25) is 0 Å². The van der Waals surface area contributed by atoms with Crippen molar-refractivity contribution < 1.29 is 4.74 Å². The molecule has 0 saturated heterocycles. The Morgan fingerprint density at radius 1 is 0.909 bits per heavy atom. The van der Waals surface area contributed by atoms with E-state index in [0.29, 0.717) is 6.04 Å². The Hall–Kier alpha value is -2.32. The van der Waals surface area contributed by atoms with Crippen molar-refractivity contribution in [2.45, 2.75) is 19.5 Å². The predicted molar refractivity (Wildman–Crippen MR) is 92.2 cm³/mol. The van der Waals surface area contributed by atoms with E-state index in [9.17, 15) is 0 Å². The van der Waals surface area contributed by atoms with E-state index in [1.165, 1.54) is 21.9 Å². The molecule has 3 rings (SSSR count). The fourth-order valence-electron chi connectivity index (χ4n) is 2.62. The van der Waals surface area contributed by atoms with Gasteiger partial charge in [-0.15, -0.1) is 0 Å². The van der Waals surface area contributed by atoms with Gasteiger partial charge >= 0.3 is 0 Å². The molecule has 2 heteroatoms. The van der Waals surface area contributed by atoms with Gasteiger partial charge in [-0.2, -0.15) is 0 Å². The van der Waals surface area contributed by atoms with Gasteiger partial charge in [0.2, 0.25) is 0 Å². The van der Waals surface area contributed by atoms with Gasteiger partial charge in [-0.25, -0.2) is 0 Å². The summed E-state index contributed by atoms with van der Waals surface area (Å²) in [6.45, 7) is 3.08. The smallest absolute Gasteiger partial charge is 0.119 e. The van der Waals surface area contributed by atoms with Crippen LogP contribution in [0.4, 0.5) is 0 Å². The highest BCUT2D eigenvalue weighted by molar-refractivity contribution is 5.84. The molecule has 0 aliphatic rings. The number of rotatable bonds is 5. The molecule has 1 atom stereocenters. The molecule has 0 spiro atoms. The van der Waals surface area contributed by atoms with E-state index >= 15 is 0 Å². The molecule has 22 heavy (non-hydrogen) atoms. The summed E-state index contributed by atoms with van der Waals surface area (Å²) in [5.41, 5.74) is 2.61. The minimum absolute atomic E-state index is 0.312. The Balaban J connectivity index is 1.75. The van der Waals surface area contributed by atoms with E-state index in [2.05, 4.69) is 66.8 Å². The molecule has 0 amide bonds. The lowest BCUT2D eigenvalue weighted by atomic mass is 10.0. The first-order chi connectivity index (χ1) is 10.8. The fraction of sp³-hybridized carbons (Fsp3) is 0.200. The van der Waals surface area contributed by atoms with Gasteiger partial charge < -0.3 is 10.1 Å². The minimum Gasteiger partial charge on any atom is -0.497 e. The maximum Gasteiger partial charge on any atom is 0.119 e. The van der Waals surface area contributed by atoms with Crippen LogP contribution in [-0.2, 0) is 6.54 Å². The topological polar surface area (TPSA) is 21.3 Å². The molecule has 0 saturated carbocycles. The summed E-state index contributed by atoms with van der Waals surface area (Å²) < 4.78 is 5.28. The van der Waals surface area contributed by atoms with Crippen LogP contribution in [0.5, 0.6) is 5.75 Å². The summed E-state index contributed by atoms with van der Waals surface area (Å²) in [6.07, 6.45) is 0. The zero-order chi connectivity index (χ0) is 15.4. The zero-order valence-electron chi connectivity index (χ0n) is 13.0. The van der Waals surface area contributed by atoms with E-state index in [4.69, 9.17) is 4.74 Å². The van der Waals surface area contributed by atoms with E-state index < -0.39 is 0 Å². The third kappa shape index (κ3) is 3.29. The lowest BCUT2D eigenvalue weighted by Gasteiger charge is -2.15. The standard InChI is InChI=1S/C20H21NO/c1-15(21-14-16-6-4-3-5-7-16)17-8-9-19-13-20(22-2)11-10-18(19)12-17/h3-13,15,21H,14H2,1-2H3. The van der Waals surface area contributed by atoms with E-state index in [-0.39, 0.29) is 0 Å². The van der Waals surface area contributed by atoms with E-state index in [0.717, 1.165) is 12.3 Å². The molecule has 112 valence electrons. The van der Waals surface area contributed by atoms with Gasteiger partial charge in [-0.3, -0.25) is 0 Å². The quantitative estimate of drug-likeness (QED) is 0.735. The number of methoxy groups -OCH3 is 1. The largest absolute Gasteiger partial charge is 0.497 e. The number of benzene rings is 3. The van der Waals surface area contributed by atoms with Crippen molar-refractivity contribution in [3.05, 3.63) is 77.9 Å². The van der Waals surface area contributed by atoms with E-state index in [1.807, 2.05) is 12.1 Å². The van der Waals surface area contributed by atoms with Crippen molar-refractivity contribution in [1.82, 2.24) is 5.32 Å². The van der Waals surface area contributed by atoms with Gasteiger partial charge in [0.1, 0.15) is 5.75 Å². The first-order valence-corrected chi connectivity index (χ1v) is 7.61. The molecule has 0 aliphatic carbocycles. The normalized spacial score (nSPS) is 12.3. The Morgan fingerprint density at radius 3 is 2.41 bits per heavy atom. The number of fused-ring (bicyclic) bond motifs is 1. The van der Waals surface area contributed by atoms with Crippen molar-refractivity contribution in [3.8, 4) is 5.75 Å². The SMILES string of the molecule is COc1ccc2cc(C(C)NCc3ccccc3)ccc2c1. The highest BCUT2D eigenvalue weighted by Crippen LogP contribution is 2.24. The summed E-state index contributed by atoms with van der Waals surface area (Å²) in [5, 5.41) is 6.03. The van der Waals surface area contributed by atoms with Gasteiger partial charge in [0.05, 0.1) is 7.11 Å². The molecule has 0 heterocycles. The molecule has 1 unspecified atom stereocenters. The van der Waals surface area contributed by atoms with Crippen molar-refractivity contribution in [1.29, 1.82) is 0 Å². The number of ether oxygens (including phenoxy) is 1. The third-order valence-corrected chi connectivity index (χ3v) is 4.03. The molecule has 2 nitrogen and oxygen atoms in total. The average Bonchev–Trinajstić information content (AvgIpc) is 2.59. The first-order valence-electron chi connectivity index (χ1n) is 7.61. The maximum absolute atomic E-state index is 5.28. The van der Waals surface area contributed by atoms with Crippen molar-refractivity contribution in [2.24, 2.45) is 0 Å². The predicted octanol–water partition coefficient (Wildman–Crippen LogP) is 4.70. The van der Waals surface area contributed by atoms with Crippen LogP contribution in [0.1, 0.15) is 24.1 Å². The Labute approximate surface area is 131 Å². The Morgan fingerprint density at radius 2 is 1.64 bits per heavy atom. The third-order valence-electron chi connectivity index (χ3n) is 4.03. The van der Waals surface area contributed by atoms with Gasteiger partial charge in [0.15, 0.2) is 0 Å². The van der Waals surface area contributed by atoms with Crippen LogP contribution >= 0.6 is 0 Å². The van der Waals surface area contributed by atoms with Crippen molar-refractivity contribution in [2.75, 3.05) is 7.11 Å². The molecule has 3 aromatic carbocycles. The lowest BCUT2D eigenvalue weighted by Crippen LogP contribution is -2.17. The molecule has 1 N–H and O–H groups in total. The lowest BCUT2D eigenvalue weighted by molar-refractivity contribution is 0.415. The molecule has 0 fully saturated rings. The molecule has 0 radical (unpaired) electrons. The van der Waals surface area contributed by atoms with Crippen LogP contribution in [0, 0.1) is 0 Å². The zero-order valence-corrected chi connectivity index (χ0v) is 13.0. The molecular formula is C20H21NO. The fourth-order valence-corrected chi connectivity index (χ4v) is 2.62. The molecule has 0 aromatic heterocycles. The molecule has 3 aromatic rings. The summed E-state index contributed by atoms with van der Waals surface area (Å²) >= 11 is 0. The van der Waals surface area contributed by atoms with Gasteiger partial charge in [0, 0.05) is 12.6 Å². The van der Waals surface area contributed by atoms with Gasteiger partial charge in [-0.1, -0.05) is 48.5 Å². The van der Waals surface area contributed by atoms with Gasteiger partial charge in [0.25, 0.3) is 0 Å². The number of nitrogens with one attached hydrogen (secondary N) is 1. The van der Waals surface area contributed by atoms with Crippen LogP contribution in [0.25, 0.3) is 10.8 Å². The number of hydrogen-bond acceptors (Lipinski definition) is 2. The summed E-state index contributed by atoms with van der Waals surface area (Å²) in [7, 11) is 1.70. The maximum atomic E-state index is 5.28. The second kappa shape index (κ2) is 6.63. The first kappa shape index (κ1) is 14.6. The van der Waals surface area contributed by atoms with Crippen LogP contribution < -0.4 is 10.1 Å². The van der Waals surface area contributed by atoms with Crippen LogP contribution in [-0.4, -0.2) is 7.11 Å². The van der Waals surface area contributed by atoms with Crippen molar-refractivity contribution in [3.63, 3.8) is 0 Å². The Kier molecular flexibility index (Phi) is 4.40.